The van der Waals surface area contributed by atoms with Crippen LogP contribution in [0.15, 0.2) is 12.4 Å². The SMILES string of the molecule is CC(CC1CC1)Nc1nccnc1C(N)=S. The van der Waals surface area contributed by atoms with Crippen LogP contribution in [0.25, 0.3) is 0 Å². The van der Waals surface area contributed by atoms with Crippen molar-refractivity contribution < 1.29 is 0 Å². The minimum atomic E-state index is 0.286. The molecule has 3 N–H and O–H groups in total. The Morgan fingerprint density at radius 2 is 2.25 bits per heavy atom. The summed E-state index contributed by atoms with van der Waals surface area (Å²) in [5.41, 5.74) is 6.18. The molecule has 1 aromatic heterocycles. The smallest absolute Gasteiger partial charge is 0.155 e. The fourth-order valence-corrected chi connectivity index (χ4v) is 1.92. The highest BCUT2D eigenvalue weighted by Crippen LogP contribution is 2.34. The fraction of sp³-hybridized carbons (Fsp3) is 0.545. The Hall–Kier alpha value is -1.23. The van der Waals surface area contributed by atoms with Gasteiger partial charge in [-0.1, -0.05) is 25.1 Å². The standard InChI is InChI=1S/C11H16N4S/c1-7(6-8-2-3-8)15-11-9(10(12)16)13-4-5-14-11/h4-5,7-8H,2-3,6H2,1H3,(H2,12,16)(H,14,15). The number of aromatic nitrogens is 2. The first-order chi connectivity index (χ1) is 7.66. The second-order valence-corrected chi connectivity index (χ2v) is 4.78. The van der Waals surface area contributed by atoms with Crippen LogP contribution in [0.1, 0.15) is 31.9 Å². The van der Waals surface area contributed by atoms with E-state index >= 15 is 0 Å². The first-order valence-electron chi connectivity index (χ1n) is 5.54. The third-order valence-electron chi connectivity index (χ3n) is 2.70. The average molecular weight is 236 g/mol. The Bertz CT molecular complexity index is 389. The summed E-state index contributed by atoms with van der Waals surface area (Å²) in [6.07, 6.45) is 7.13. The maximum absolute atomic E-state index is 5.59. The molecule has 0 saturated heterocycles. The molecule has 16 heavy (non-hydrogen) atoms. The van der Waals surface area contributed by atoms with Gasteiger partial charge in [0.25, 0.3) is 0 Å². The molecule has 4 nitrogen and oxygen atoms in total. The third kappa shape index (κ3) is 2.88. The highest BCUT2D eigenvalue weighted by molar-refractivity contribution is 7.80. The number of hydrogen-bond donors (Lipinski definition) is 2. The highest BCUT2D eigenvalue weighted by Gasteiger charge is 2.24. The summed E-state index contributed by atoms with van der Waals surface area (Å²) in [6, 6.07) is 0.386. The monoisotopic (exact) mass is 236 g/mol. The molecule has 1 saturated carbocycles. The zero-order valence-corrected chi connectivity index (χ0v) is 10.1. The summed E-state index contributed by atoms with van der Waals surface area (Å²) in [5.74, 6) is 1.58. The second kappa shape index (κ2) is 4.74. The minimum Gasteiger partial charge on any atom is -0.388 e. The van der Waals surface area contributed by atoms with E-state index in [4.69, 9.17) is 18.0 Å². The van der Waals surface area contributed by atoms with Gasteiger partial charge in [-0.25, -0.2) is 9.97 Å². The number of rotatable bonds is 5. The van der Waals surface area contributed by atoms with Crippen molar-refractivity contribution in [1.29, 1.82) is 0 Å². The van der Waals surface area contributed by atoms with Crippen LogP contribution in [-0.4, -0.2) is 21.0 Å². The van der Waals surface area contributed by atoms with Crippen molar-refractivity contribution in [2.75, 3.05) is 5.32 Å². The van der Waals surface area contributed by atoms with Gasteiger partial charge in [0, 0.05) is 18.4 Å². The molecule has 1 atom stereocenters. The molecule has 0 aromatic carbocycles. The molecule has 0 bridgehead atoms. The second-order valence-electron chi connectivity index (χ2n) is 4.34. The molecule has 1 heterocycles. The van der Waals surface area contributed by atoms with Gasteiger partial charge < -0.3 is 11.1 Å². The molecule has 1 fully saturated rings. The summed E-state index contributed by atoms with van der Waals surface area (Å²) in [6.45, 7) is 2.15. The van der Waals surface area contributed by atoms with Gasteiger partial charge in [-0.05, 0) is 19.3 Å². The van der Waals surface area contributed by atoms with E-state index in [0.717, 1.165) is 5.92 Å². The summed E-state index contributed by atoms with van der Waals surface area (Å²) >= 11 is 4.94. The summed E-state index contributed by atoms with van der Waals surface area (Å²) in [4.78, 5) is 8.65. The lowest BCUT2D eigenvalue weighted by atomic mass is 10.1. The molecule has 1 aliphatic rings. The van der Waals surface area contributed by atoms with Crippen LogP contribution in [0.3, 0.4) is 0 Å². The number of nitrogens with two attached hydrogens (primary N) is 1. The predicted octanol–water partition coefficient (Wildman–Crippen LogP) is 1.71. The van der Waals surface area contributed by atoms with Crippen LogP contribution in [0.5, 0.6) is 0 Å². The van der Waals surface area contributed by atoms with Crippen molar-refractivity contribution in [2.24, 2.45) is 11.7 Å². The maximum atomic E-state index is 5.59. The topological polar surface area (TPSA) is 63.8 Å². The first kappa shape index (κ1) is 11.3. The maximum Gasteiger partial charge on any atom is 0.155 e. The third-order valence-corrected chi connectivity index (χ3v) is 2.89. The van der Waals surface area contributed by atoms with E-state index < -0.39 is 0 Å². The molecule has 0 spiro atoms. The fourth-order valence-electron chi connectivity index (χ4n) is 1.77. The zero-order valence-electron chi connectivity index (χ0n) is 9.31. The molecule has 5 heteroatoms. The Morgan fingerprint density at radius 3 is 2.88 bits per heavy atom. The van der Waals surface area contributed by atoms with Crippen molar-refractivity contribution in [2.45, 2.75) is 32.2 Å². The van der Waals surface area contributed by atoms with E-state index in [1.807, 2.05) is 0 Å². The van der Waals surface area contributed by atoms with Crippen molar-refractivity contribution in [3.8, 4) is 0 Å². The first-order valence-corrected chi connectivity index (χ1v) is 5.95. The molecule has 0 aliphatic heterocycles. The minimum absolute atomic E-state index is 0.286. The molecular formula is C11H16N4S. The van der Waals surface area contributed by atoms with Gasteiger partial charge >= 0.3 is 0 Å². The average Bonchev–Trinajstić information content (AvgIpc) is 3.02. The lowest BCUT2D eigenvalue weighted by molar-refractivity contribution is 0.639. The Morgan fingerprint density at radius 1 is 1.56 bits per heavy atom. The van der Waals surface area contributed by atoms with Gasteiger partial charge in [-0.15, -0.1) is 0 Å². The van der Waals surface area contributed by atoms with Crippen LogP contribution < -0.4 is 11.1 Å². The van der Waals surface area contributed by atoms with E-state index in [2.05, 4.69) is 22.2 Å². The predicted molar refractivity (Wildman–Crippen MR) is 68.3 cm³/mol. The largest absolute Gasteiger partial charge is 0.388 e. The number of nitrogens with zero attached hydrogens (tertiary/aromatic N) is 2. The normalized spacial score (nSPS) is 16.8. The lowest BCUT2D eigenvalue weighted by Gasteiger charge is -2.15. The molecule has 0 amide bonds. The van der Waals surface area contributed by atoms with Gasteiger partial charge in [-0.3, -0.25) is 0 Å². The van der Waals surface area contributed by atoms with Crippen molar-refractivity contribution in [1.82, 2.24) is 9.97 Å². The van der Waals surface area contributed by atoms with E-state index in [-0.39, 0.29) is 4.99 Å². The van der Waals surface area contributed by atoms with Crippen molar-refractivity contribution >= 4 is 23.0 Å². The summed E-state index contributed by atoms with van der Waals surface area (Å²) < 4.78 is 0. The lowest BCUT2D eigenvalue weighted by Crippen LogP contribution is -2.21. The van der Waals surface area contributed by atoms with Gasteiger partial charge in [-0.2, -0.15) is 0 Å². The molecule has 0 radical (unpaired) electrons. The Labute approximate surface area is 101 Å². The molecule has 1 unspecified atom stereocenters. The van der Waals surface area contributed by atoms with Gasteiger partial charge in [0.05, 0.1) is 0 Å². The van der Waals surface area contributed by atoms with Crippen molar-refractivity contribution in [3.05, 3.63) is 18.1 Å². The van der Waals surface area contributed by atoms with Gasteiger partial charge in [0.1, 0.15) is 10.7 Å². The van der Waals surface area contributed by atoms with Gasteiger partial charge in [0.2, 0.25) is 0 Å². The Balaban J connectivity index is 2.04. The van der Waals surface area contributed by atoms with Crippen LogP contribution in [0, 0.1) is 5.92 Å². The summed E-state index contributed by atoms with van der Waals surface area (Å²) in [5, 5.41) is 3.32. The van der Waals surface area contributed by atoms with E-state index in [1.54, 1.807) is 12.4 Å². The summed E-state index contributed by atoms with van der Waals surface area (Å²) in [7, 11) is 0. The molecule has 86 valence electrons. The number of anilines is 1. The highest BCUT2D eigenvalue weighted by atomic mass is 32.1. The van der Waals surface area contributed by atoms with E-state index in [9.17, 15) is 0 Å². The quantitative estimate of drug-likeness (QED) is 0.762. The molecule has 1 aliphatic carbocycles. The molecular weight excluding hydrogens is 220 g/mol. The van der Waals surface area contributed by atoms with Crippen LogP contribution in [-0.2, 0) is 0 Å². The van der Waals surface area contributed by atoms with E-state index in [0.29, 0.717) is 17.6 Å². The number of nitrogens with one attached hydrogen (secondary N) is 1. The Kier molecular flexibility index (Phi) is 3.33. The van der Waals surface area contributed by atoms with Gasteiger partial charge in [0.15, 0.2) is 5.82 Å². The molecule has 1 aromatic rings. The van der Waals surface area contributed by atoms with Crippen LogP contribution in [0.4, 0.5) is 5.82 Å². The number of hydrogen-bond acceptors (Lipinski definition) is 4. The molecule has 2 rings (SSSR count). The number of thiocarbonyl (C=S) groups is 1. The zero-order chi connectivity index (χ0) is 11.5. The van der Waals surface area contributed by atoms with Crippen molar-refractivity contribution in [3.63, 3.8) is 0 Å². The van der Waals surface area contributed by atoms with E-state index in [1.165, 1.54) is 19.3 Å². The van der Waals surface area contributed by atoms with Crippen LogP contribution in [0.2, 0.25) is 0 Å². The van der Waals surface area contributed by atoms with Crippen LogP contribution >= 0.6 is 12.2 Å².